The van der Waals surface area contributed by atoms with Crippen LogP contribution >= 0.6 is 0 Å². The molecule has 1 heterocycles. The molecule has 0 amide bonds. The summed E-state index contributed by atoms with van der Waals surface area (Å²) in [5, 5.41) is 3.50. The summed E-state index contributed by atoms with van der Waals surface area (Å²) in [6, 6.07) is 2.36. The zero-order chi connectivity index (χ0) is 13.5. The van der Waals surface area contributed by atoms with Crippen LogP contribution in [0.3, 0.4) is 0 Å². The summed E-state index contributed by atoms with van der Waals surface area (Å²) in [4.78, 5) is 8.40. The van der Waals surface area contributed by atoms with Gasteiger partial charge in [-0.15, -0.1) is 0 Å². The van der Waals surface area contributed by atoms with E-state index in [-0.39, 0.29) is 0 Å². The van der Waals surface area contributed by atoms with Gasteiger partial charge >= 0.3 is 0 Å². The summed E-state index contributed by atoms with van der Waals surface area (Å²) in [6.45, 7) is 5.05. The van der Waals surface area contributed by atoms with Crippen LogP contribution in [0.15, 0.2) is 12.4 Å². The number of aromatic nitrogens is 2. The molecule has 1 aromatic rings. The van der Waals surface area contributed by atoms with Crippen molar-refractivity contribution in [1.29, 1.82) is 0 Å². The van der Waals surface area contributed by atoms with Crippen molar-refractivity contribution in [1.82, 2.24) is 9.97 Å². The third-order valence-electron chi connectivity index (χ3n) is 3.83. The molecule has 0 radical (unpaired) electrons. The minimum Gasteiger partial charge on any atom is -0.478 e. The fraction of sp³-hybridized carbons (Fsp3) is 0.733. The predicted molar refractivity (Wildman–Crippen MR) is 77.5 cm³/mol. The maximum absolute atomic E-state index is 5.53. The molecule has 4 nitrogen and oxygen atoms in total. The second-order valence-electron chi connectivity index (χ2n) is 5.42. The molecule has 0 aliphatic heterocycles. The van der Waals surface area contributed by atoms with Crippen LogP contribution in [-0.4, -0.2) is 22.6 Å². The quantitative estimate of drug-likeness (QED) is 0.851. The summed E-state index contributed by atoms with van der Waals surface area (Å²) >= 11 is 0. The second kappa shape index (κ2) is 7.31. The van der Waals surface area contributed by atoms with Gasteiger partial charge in [0.1, 0.15) is 12.1 Å². The van der Waals surface area contributed by atoms with Gasteiger partial charge in [-0.1, -0.05) is 26.2 Å². The summed E-state index contributed by atoms with van der Waals surface area (Å²) in [5.74, 6) is 2.30. The van der Waals surface area contributed by atoms with Gasteiger partial charge in [0, 0.05) is 12.1 Å². The van der Waals surface area contributed by atoms with Gasteiger partial charge in [0.05, 0.1) is 6.61 Å². The Hall–Kier alpha value is -1.32. The molecule has 1 aliphatic rings. The predicted octanol–water partition coefficient (Wildman–Crippen LogP) is 3.65. The van der Waals surface area contributed by atoms with E-state index in [1.54, 1.807) is 6.33 Å². The van der Waals surface area contributed by atoms with Crippen molar-refractivity contribution >= 4 is 5.82 Å². The fourth-order valence-electron chi connectivity index (χ4n) is 2.69. The molecule has 106 valence electrons. The van der Waals surface area contributed by atoms with Crippen molar-refractivity contribution < 1.29 is 4.74 Å². The first kappa shape index (κ1) is 14.1. The molecule has 1 aliphatic carbocycles. The lowest BCUT2D eigenvalue weighted by Crippen LogP contribution is -2.28. The molecule has 0 bridgehead atoms. The van der Waals surface area contributed by atoms with E-state index in [0.717, 1.165) is 18.2 Å². The van der Waals surface area contributed by atoms with Crippen LogP contribution in [0, 0.1) is 5.92 Å². The van der Waals surface area contributed by atoms with E-state index in [1.807, 2.05) is 6.07 Å². The Morgan fingerprint density at radius 3 is 2.84 bits per heavy atom. The highest BCUT2D eigenvalue weighted by molar-refractivity contribution is 5.38. The topological polar surface area (TPSA) is 47.0 Å². The molecule has 1 atom stereocenters. The summed E-state index contributed by atoms with van der Waals surface area (Å²) < 4.78 is 5.53. The smallest absolute Gasteiger partial charge is 0.218 e. The number of hydrogen-bond donors (Lipinski definition) is 1. The monoisotopic (exact) mass is 263 g/mol. The Kier molecular flexibility index (Phi) is 5.43. The van der Waals surface area contributed by atoms with Gasteiger partial charge < -0.3 is 10.1 Å². The number of ether oxygens (including phenoxy) is 1. The highest BCUT2D eigenvalue weighted by Gasteiger charge is 2.20. The normalized spacial score (nSPS) is 18.0. The van der Waals surface area contributed by atoms with Crippen molar-refractivity contribution in [2.45, 2.75) is 58.4 Å². The van der Waals surface area contributed by atoms with Crippen molar-refractivity contribution in [2.24, 2.45) is 5.92 Å². The zero-order valence-corrected chi connectivity index (χ0v) is 12.1. The first-order valence-electron chi connectivity index (χ1n) is 7.51. The number of nitrogens with one attached hydrogen (secondary N) is 1. The lowest BCUT2D eigenvalue weighted by atomic mass is 9.84. The third kappa shape index (κ3) is 4.37. The molecule has 0 saturated heterocycles. The van der Waals surface area contributed by atoms with Crippen LogP contribution in [-0.2, 0) is 0 Å². The number of anilines is 1. The third-order valence-corrected chi connectivity index (χ3v) is 3.83. The van der Waals surface area contributed by atoms with Gasteiger partial charge in [0.15, 0.2) is 0 Å². The molecular formula is C15H25N3O. The Bertz CT molecular complexity index is 377. The molecule has 1 unspecified atom stereocenters. The lowest BCUT2D eigenvalue weighted by molar-refractivity contribution is 0.304. The van der Waals surface area contributed by atoms with Crippen LogP contribution in [0.5, 0.6) is 5.88 Å². The minimum absolute atomic E-state index is 0.467. The van der Waals surface area contributed by atoms with E-state index in [0.29, 0.717) is 18.5 Å². The summed E-state index contributed by atoms with van der Waals surface area (Å²) in [5.41, 5.74) is 0. The molecule has 0 spiro atoms. The SMILES string of the molecule is CCCOc1cc(NC(C)C2CCCCC2)ncn1. The Balaban J connectivity index is 1.90. The molecule has 19 heavy (non-hydrogen) atoms. The van der Waals surface area contributed by atoms with Crippen molar-refractivity contribution in [3.8, 4) is 5.88 Å². The minimum atomic E-state index is 0.467. The number of rotatable bonds is 6. The zero-order valence-electron chi connectivity index (χ0n) is 12.1. The van der Waals surface area contributed by atoms with Gasteiger partial charge in [-0.05, 0) is 32.1 Å². The van der Waals surface area contributed by atoms with Crippen LogP contribution in [0.1, 0.15) is 52.4 Å². The van der Waals surface area contributed by atoms with Crippen LogP contribution in [0.25, 0.3) is 0 Å². The standard InChI is InChI=1S/C15H25N3O/c1-3-9-19-15-10-14(16-11-17-15)18-12(2)13-7-5-4-6-8-13/h10-13H,3-9H2,1-2H3,(H,16,17,18). The van der Waals surface area contributed by atoms with E-state index in [2.05, 4.69) is 29.1 Å². The molecule has 1 saturated carbocycles. The van der Waals surface area contributed by atoms with Gasteiger partial charge in [-0.2, -0.15) is 0 Å². The van der Waals surface area contributed by atoms with E-state index in [1.165, 1.54) is 32.1 Å². The molecule has 4 heteroatoms. The molecule has 2 rings (SSSR count). The fourth-order valence-corrected chi connectivity index (χ4v) is 2.69. The number of nitrogens with zero attached hydrogens (tertiary/aromatic N) is 2. The lowest BCUT2D eigenvalue weighted by Gasteiger charge is -2.28. The first-order valence-corrected chi connectivity index (χ1v) is 7.51. The van der Waals surface area contributed by atoms with Crippen molar-refractivity contribution in [3.63, 3.8) is 0 Å². The van der Waals surface area contributed by atoms with Crippen molar-refractivity contribution in [3.05, 3.63) is 12.4 Å². The maximum atomic E-state index is 5.53. The molecule has 0 aromatic carbocycles. The second-order valence-corrected chi connectivity index (χ2v) is 5.42. The Morgan fingerprint density at radius 1 is 1.32 bits per heavy atom. The van der Waals surface area contributed by atoms with Gasteiger partial charge in [-0.3, -0.25) is 0 Å². The summed E-state index contributed by atoms with van der Waals surface area (Å²) in [7, 11) is 0. The largest absolute Gasteiger partial charge is 0.478 e. The highest BCUT2D eigenvalue weighted by atomic mass is 16.5. The first-order chi connectivity index (χ1) is 9.29. The van der Waals surface area contributed by atoms with E-state index in [4.69, 9.17) is 4.74 Å². The Labute approximate surface area is 116 Å². The summed E-state index contributed by atoms with van der Waals surface area (Å²) in [6.07, 6.45) is 9.35. The Morgan fingerprint density at radius 2 is 2.11 bits per heavy atom. The van der Waals surface area contributed by atoms with Gasteiger partial charge in [0.25, 0.3) is 0 Å². The van der Waals surface area contributed by atoms with Crippen LogP contribution in [0.4, 0.5) is 5.82 Å². The van der Waals surface area contributed by atoms with Gasteiger partial charge in [-0.25, -0.2) is 9.97 Å². The van der Waals surface area contributed by atoms with E-state index in [9.17, 15) is 0 Å². The van der Waals surface area contributed by atoms with Crippen LogP contribution < -0.4 is 10.1 Å². The highest BCUT2D eigenvalue weighted by Crippen LogP contribution is 2.27. The van der Waals surface area contributed by atoms with E-state index >= 15 is 0 Å². The maximum Gasteiger partial charge on any atom is 0.218 e. The van der Waals surface area contributed by atoms with Crippen molar-refractivity contribution in [2.75, 3.05) is 11.9 Å². The molecule has 1 fully saturated rings. The molecule has 1 N–H and O–H groups in total. The molecular weight excluding hydrogens is 238 g/mol. The van der Waals surface area contributed by atoms with E-state index < -0.39 is 0 Å². The number of hydrogen-bond acceptors (Lipinski definition) is 4. The van der Waals surface area contributed by atoms with Gasteiger partial charge in [0.2, 0.25) is 5.88 Å². The average Bonchev–Trinajstić information content (AvgIpc) is 2.46. The average molecular weight is 263 g/mol. The van der Waals surface area contributed by atoms with Crippen LogP contribution in [0.2, 0.25) is 0 Å². The molecule has 1 aromatic heterocycles.